The highest BCUT2D eigenvalue weighted by atomic mass is 16.5. The highest BCUT2D eigenvalue weighted by Gasteiger charge is 2.15. The summed E-state index contributed by atoms with van der Waals surface area (Å²) in [7, 11) is 0. The normalized spacial score (nSPS) is 11.2. The molecule has 0 atom stereocenters. The summed E-state index contributed by atoms with van der Waals surface area (Å²) in [5, 5.41) is 9.19. The Morgan fingerprint density at radius 2 is 2.00 bits per heavy atom. The second-order valence-corrected chi connectivity index (χ2v) is 6.60. The largest absolute Gasteiger partial charge is 0.485 e. The number of fused-ring (bicyclic) bond motifs is 1. The van der Waals surface area contributed by atoms with E-state index in [1.165, 1.54) is 0 Å². The number of carbonyl (C=O) groups is 1. The van der Waals surface area contributed by atoms with E-state index in [0.717, 1.165) is 29.2 Å². The Kier molecular flexibility index (Phi) is 4.74. The van der Waals surface area contributed by atoms with E-state index < -0.39 is 5.97 Å². The van der Waals surface area contributed by atoms with E-state index in [0.29, 0.717) is 18.0 Å². The minimum Gasteiger partial charge on any atom is -0.485 e. The monoisotopic (exact) mass is 338 g/mol. The van der Waals surface area contributed by atoms with Crippen LogP contribution < -0.4 is 4.74 Å². The third kappa shape index (κ3) is 3.65. The van der Waals surface area contributed by atoms with Gasteiger partial charge in [-0.1, -0.05) is 32.0 Å². The first-order valence-electron chi connectivity index (χ1n) is 8.36. The van der Waals surface area contributed by atoms with Crippen LogP contribution in [0.3, 0.4) is 0 Å². The van der Waals surface area contributed by atoms with Crippen LogP contribution in [0.2, 0.25) is 0 Å². The van der Waals surface area contributed by atoms with Gasteiger partial charge in [-0.2, -0.15) is 0 Å². The van der Waals surface area contributed by atoms with Crippen molar-refractivity contribution in [1.82, 2.24) is 9.55 Å². The fraction of sp³-hybridized carbons (Fsp3) is 0.300. The van der Waals surface area contributed by atoms with E-state index in [-0.39, 0.29) is 5.56 Å². The zero-order valence-corrected chi connectivity index (χ0v) is 14.7. The Morgan fingerprint density at radius 1 is 1.24 bits per heavy atom. The van der Waals surface area contributed by atoms with Gasteiger partial charge in [-0.25, -0.2) is 9.78 Å². The Labute approximate surface area is 146 Å². The molecule has 0 aliphatic carbocycles. The second-order valence-electron chi connectivity index (χ2n) is 6.60. The number of aryl methyl sites for hydroxylation is 1. The first-order chi connectivity index (χ1) is 12.0. The molecule has 0 amide bonds. The minimum absolute atomic E-state index is 0.244. The molecule has 0 spiro atoms. The molecule has 1 N–H and O–H groups in total. The molecule has 0 saturated carbocycles. The number of nitrogens with zero attached hydrogens (tertiary/aromatic N) is 2. The predicted molar refractivity (Wildman–Crippen MR) is 97.0 cm³/mol. The summed E-state index contributed by atoms with van der Waals surface area (Å²) in [6.07, 6.45) is 0. The Bertz CT molecular complexity index is 912. The predicted octanol–water partition coefficient (Wildman–Crippen LogP) is 4.28. The van der Waals surface area contributed by atoms with E-state index >= 15 is 0 Å². The van der Waals surface area contributed by atoms with Gasteiger partial charge in [-0.15, -0.1) is 0 Å². The molecule has 3 aromatic rings. The van der Waals surface area contributed by atoms with Crippen LogP contribution in [-0.4, -0.2) is 20.6 Å². The number of benzene rings is 2. The first-order valence-corrected chi connectivity index (χ1v) is 8.36. The van der Waals surface area contributed by atoms with Crippen molar-refractivity contribution < 1.29 is 14.6 Å². The van der Waals surface area contributed by atoms with E-state index in [2.05, 4.69) is 23.4 Å². The quantitative estimate of drug-likeness (QED) is 0.729. The topological polar surface area (TPSA) is 64.3 Å². The lowest BCUT2D eigenvalue weighted by Gasteiger charge is -2.13. The number of carboxylic acids is 1. The number of aromatic nitrogens is 2. The molecule has 0 fully saturated rings. The van der Waals surface area contributed by atoms with E-state index in [1.807, 2.05) is 37.3 Å². The fourth-order valence-electron chi connectivity index (χ4n) is 2.85. The van der Waals surface area contributed by atoms with Crippen molar-refractivity contribution in [2.75, 3.05) is 0 Å². The number of para-hydroxylation sites is 1. The minimum atomic E-state index is -0.946. The van der Waals surface area contributed by atoms with Crippen LogP contribution in [-0.2, 0) is 13.2 Å². The molecule has 1 aromatic heterocycles. The van der Waals surface area contributed by atoms with Crippen molar-refractivity contribution in [2.45, 2.75) is 33.9 Å². The summed E-state index contributed by atoms with van der Waals surface area (Å²) >= 11 is 0. The summed E-state index contributed by atoms with van der Waals surface area (Å²) in [6.45, 7) is 7.43. The Balaban J connectivity index is 1.97. The van der Waals surface area contributed by atoms with Gasteiger partial charge in [-0.3, -0.25) is 0 Å². The number of imidazole rings is 1. The van der Waals surface area contributed by atoms with Crippen molar-refractivity contribution in [1.29, 1.82) is 0 Å². The molecule has 0 aliphatic rings. The van der Waals surface area contributed by atoms with Crippen molar-refractivity contribution in [3.05, 3.63) is 59.4 Å². The molecule has 130 valence electrons. The van der Waals surface area contributed by atoms with Crippen LogP contribution in [0.15, 0.2) is 42.5 Å². The molecule has 3 rings (SSSR count). The third-order valence-electron chi connectivity index (χ3n) is 4.07. The lowest BCUT2D eigenvalue weighted by Crippen LogP contribution is -2.11. The summed E-state index contributed by atoms with van der Waals surface area (Å²) in [5.41, 5.74) is 2.93. The third-order valence-corrected chi connectivity index (χ3v) is 4.07. The summed E-state index contributed by atoms with van der Waals surface area (Å²) in [6, 6.07) is 12.9. The summed E-state index contributed by atoms with van der Waals surface area (Å²) in [4.78, 5) is 15.8. The van der Waals surface area contributed by atoms with E-state index in [4.69, 9.17) is 4.74 Å². The average molecular weight is 338 g/mol. The molecular weight excluding hydrogens is 316 g/mol. The molecule has 0 radical (unpaired) electrons. The van der Waals surface area contributed by atoms with Gasteiger partial charge in [0.2, 0.25) is 0 Å². The van der Waals surface area contributed by atoms with Gasteiger partial charge in [0.1, 0.15) is 18.2 Å². The number of hydrogen-bond donors (Lipinski definition) is 1. The molecule has 25 heavy (non-hydrogen) atoms. The second kappa shape index (κ2) is 6.97. The number of carboxylic acid groups (broad SMARTS) is 1. The van der Waals surface area contributed by atoms with Crippen LogP contribution in [0.4, 0.5) is 0 Å². The van der Waals surface area contributed by atoms with Crippen LogP contribution in [0.25, 0.3) is 11.0 Å². The molecule has 0 aliphatic heterocycles. The first kappa shape index (κ1) is 17.0. The zero-order valence-electron chi connectivity index (χ0n) is 14.7. The van der Waals surface area contributed by atoms with E-state index in [9.17, 15) is 9.90 Å². The van der Waals surface area contributed by atoms with Crippen molar-refractivity contribution in [3.63, 3.8) is 0 Å². The Morgan fingerprint density at radius 3 is 2.68 bits per heavy atom. The molecule has 0 saturated heterocycles. The highest BCUT2D eigenvalue weighted by Crippen LogP contribution is 2.22. The molecule has 1 heterocycles. The fourth-order valence-corrected chi connectivity index (χ4v) is 2.85. The molecular formula is C20H22N2O3. The van der Waals surface area contributed by atoms with Crippen LogP contribution in [0.1, 0.15) is 35.6 Å². The van der Waals surface area contributed by atoms with Crippen LogP contribution in [0.5, 0.6) is 5.75 Å². The van der Waals surface area contributed by atoms with Crippen LogP contribution in [0, 0.1) is 12.8 Å². The van der Waals surface area contributed by atoms with Crippen molar-refractivity contribution >= 4 is 17.0 Å². The van der Waals surface area contributed by atoms with E-state index in [1.54, 1.807) is 12.1 Å². The van der Waals surface area contributed by atoms with Gasteiger partial charge in [0.25, 0.3) is 0 Å². The number of aromatic carboxylic acids is 1. The number of rotatable bonds is 6. The van der Waals surface area contributed by atoms with Gasteiger partial charge in [0.05, 0.1) is 16.6 Å². The van der Waals surface area contributed by atoms with Crippen molar-refractivity contribution in [2.24, 2.45) is 5.92 Å². The smallest absolute Gasteiger partial charge is 0.335 e. The number of hydrogen-bond acceptors (Lipinski definition) is 3. The maximum absolute atomic E-state index is 11.2. The molecule has 0 unspecified atom stereocenters. The van der Waals surface area contributed by atoms with Crippen LogP contribution >= 0.6 is 0 Å². The summed E-state index contributed by atoms with van der Waals surface area (Å²) < 4.78 is 8.07. The average Bonchev–Trinajstić information content (AvgIpc) is 2.90. The Hall–Kier alpha value is -2.82. The number of ether oxygens (including phenoxy) is 1. The maximum atomic E-state index is 11.2. The van der Waals surface area contributed by atoms with Gasteiger partial charge < -0.3 is 14.4 Å². The van der Waals surface area contributed by atoms with Gasteiger partial charge in [0, 0.05) is 6.54 Å². The van der Waals surface area contributed by atoms with Crippen molar-refractivity contribution in [3.8, 4) is 5.75 Å². The highest BCUT2D eigenvalue weighted by molar-refractivity contribution is 5.92. The molecule has 5 nitrogen and oxygen atoms in total. The summed E-state index contributed by atoms with van der Waals surface area (Å²) in [5.74, 6) is 1.12. The van der Waals surface area contributed by atoms with Gasteiger partial charge in [0.15, 0.2) is 0 Å². The lowest BCUT2D eigenvalue weighted by molar-refractivity contribution is 0.0697. The zero-order chi connectivity index (χ0) is 18.0. The van der Waals surface area contributed by atoms with Gasteiger partial charge >= 0.3 is 5.97 Å². The maximum Gasteiger partial charge on any atom is 0.335 e. The standard InChI is InChI=1S/C20H22N2O3/c1-13(2)11-22-17-9-8-15(20(23)24)10-16(17)21-19(22)12-25-18-7-5-4-6-14(18)3/h4-10,13H,11-12H2,1-3H3,(H,23,24). The SMILES string of the molecule is Cc1ccccc1OCc1nc2cc(C(=O)O)ccc2n1CC(C)C. The molecule has 0 bridgehead atoms. The molecule has 2 aromatic carbocycles. The molecule has 5 heteroatoms. The van der Waals surface area contributed by atoms with Gasteiger partial charge in [-0.05, 0) is 42.7 Å². The lowest BCUT2D eigenvalue weighted by atomic mass is 10.2.